The number of anilines is 1. The van der Waals surface area contributed by atoms with Crippen LogP contribution in [0.4, 0.5) is 5.82 Å². The second-order valence-corrected chi connectivity index (χ2v) is 8.78. The molecule has 9 nitrogen and oxygen atoms in total. The Kier molecular flexibility index (Phi) is 4.66. The average molecular weight is 400 g/mol. The molecule has 29 heavy (non-hydrogen) atoms. The van der Waals surface area contributed by atoms with Gasteiger partial charge in [0.15, 0.2) is 11.5 Å². The highest BCUT2D eigenvalue weighted by Crippen LogP contribution is 2.45. The second kappa shape index (κ2) is 7.21. The number of aromatic nitrogens is 4. The van der Waals surface area contributed by atoms with Crippen LogP contribution in [0.1, 0.15) is 51.5 Å². The van der Waals surface area contributed by atoms with Gasteiger partial charge in [-0.1, -0.05) is 13.3 Å². The van der Waals surface area contributed by atoms with E-state index in [4.69, 9.17) is 0 Å². The van der Waals surface area contributed by atoms with E-state index >= 15 is 0 Å². The van der Waals surface area contributed by atoms with Gasteiger partial charge in [-0.15, -0.1) is 0 Å². The Labute approximate surface area is 168 Å². The van der Waals surface area contributed by atoms with Gasteiger partial charge in [-0.05, 0) is 37.5 Å². The van der Waals surface area contributed by atoms with Gasteiger partial charge in [0.05, 0.1) is 18.4 Å². The van der Waals surface area contributed by atoms with E-state index in [-0.39, 0.29) is 5.91 Å². The number of hydrogen-bond donors (Lipinski definition) is 4. The monoisotopic (exact) mass is 400 g/mol. The average Bonchev–Trinajstić information content (AvgIpc) is 3.49. The van der Waals surface area contributed by atoms with E-state index in [1.807, 2.05) is 0 Å². The molecule has 0 spiro atoms. The Balaban J connectivity index is 1.39. The summed E-state index contributed by atoms with van der Waals surface area (Å²) in [5.74, 6) is 2.13. The molecule has 3 aliphatic carbocycles. The van der Waals surface area contributed by atoms with Crippen LogP contribution in [0.3, 0.4) is 0 Å². The number of amides is 1. The van der Waals surface area contributed by atoms with Gasteiger partial charge in [0.1, 0.15) is 24.1 Å². The summed E-state index contributed by atoms with van der Waals surface area (Å²) in [5.41, 5.74) is 1.31. The van der Waals surface area contributed by atoms with Gasteiger partial charge in [-0.25, -0.2) is 15.0 Å². The van der Waals surface area contributed by atoms with Crippen LogP contribution in [-0.2, 0) is 4.79 Å². The number of fused-ring (bicyclic) bond motifs is 3. The summed E-state index contributed by atoms with van der Waals surface area (Å²) in [4.78, 5) is 25.1. The van der Waals surface area contributed by atoms with Crippen molar-refractivity contribution >= 4 is 22.9 Å². The number of imidazole rings is 1. The first-order valence-corrected chi connectivity index (χ1v) is 10.6. The van der Waals surface area contributed by atoms with Crippen molar-refractivity contribution in [1.82, 2.24) is 24.8 Å². The first-order valence-electron chi connectivity index (χ1n) is 10.6. The topological polar surface area (TPSA) is 125 Å². The smallest absolute Gasteiger partial charge is 0.220 e. The predicted molar refractivity (Wildman–Crippen MR) is 106 cm³/mol. The standard InChI is InChI=1S/C20H28N6O3/c1-2-15(27)24-13-7-14(18(29)17(13)28)26-9-23-16-19(21-8-22-20(16)26)25-12-6-10-3-4-11(12)5-10/h8-14,17-18,28-29H,2-7H2,1H3,(H,24,27)(H,21,22,25)/t10-,11+,12-,13-,14+,17+,18-/m0/s1. The van der Waals surface area contributed by atoms with E-state index in [0.717, 1.165) is 11.7 Å². The number of carbonyl (C=O) groups excluding carboxylic acids is 1. The minimum atomic E-state index is -1.03. The van der Waals surface area contributed by atoms with E-state index < -0.39 is 24.3 Å². The first-order chi connectivity index (χ1) is 14.0. The molecule has 156 valence electrons. The van der Waals surface area contributed by atoms with Gasteiger partial charge in [-0.2, -0.15) is 0 Å². The molecule has 5 rings (SSSR count). The lowest BCUT2D eigenvalue weighted by Crippen LogP contribution is -2.42. The molecule has 0 unspecified atom stereocenters. The fourth-order valence-electron chi connectivity index (χ4n) is 5.53. The SMILES string of the molecule is CCC(=O)N[C@H]1C[C@@H](n2cnc3c(N[C@H]4C[C@H]5CC[C@@H]4C5)ncnc32)[C@H](O)[C@@H]1O. The van der Waals surface area contributed by atoms with Crippen LogP contribution in [0.2, 0.25) is 0 Å². The third-order valence-corrected chi connectivity index (χ3v) is 7.10. The molecule has 9 heteroatoms. The molecule has 0 aliphatic heterocycles. The maximum Gasteiger partial charge on any atom is 0.220 e. The van der Waals surface area contributed by atoms with Gasteiger partial charge >= 0.3 is 0 Å². The molecule has 2 aromatic rings. The minimum absolute atomic E-state index is 0.142. The minimum Gasteiger partial charge on any atom is -0.388 e. The molecule has 2 bridgehead atoms. The first kappa shape index (κ1) is 18.7. The van der Waals surface area contributed by atoms with Crippen molar-refractivity contribution in [3.8, 4) is 0 Å². The molecular weight excluding hydrogens is 372 g/mol. The fourth-order valence-corrected chi connectivity index (χ4v) is 5.53. The van der Waals surface area contributed by atoms with E-state index in [1.165, 1.54) is 32.0 Å². The zero-order valence-electron chi connectivity index (χ0n) is 16.5. The lowest BCUT2D eigenvalue weighted by molar-refractivity contribution is -0.122. The third-order valence-electron chi connectivity index (χ3n) is 7.10. The highest BCUT2D eigenvalue weighted by Gasteiger charge is 2.44. The Morgan fingerprint density at radius 2 is 2.00 bits per heavy atom. The number of nitrogens with zero attached hydrogens (tertiary/aromatic N) is 4. The fraction of sp³-hybridized carbons (Fsp3) is 0.700. The number of hydrogen-bond acceptors (Lipinski definition) is 7. The summed E-state index contributed by atoms with van der Waals surface area (Å²) in [7, 11) is 0. The van der Waals surface area contributed by atoms with Crippen molar-refractivity contribution in [3.05, 3.63) is 12.7 Å². The van der Waals surface area contributed by atoms with Crippen LogP contribution in [0.25, 0.3) is 11.2 Å². The van der Waals surface area contributed by atoms with Crippen LogP contribution < -0.4 is 10.6 Å². The van der Waals surface area contributed by atoms with Gasteiger partial charge in [-0.3, -0.25) is 4.79 Å². The molecule has 2 aromatic heterocycles. The summed E-state index contributed by atoms with van der Waals surface area (Å²) in [5, 5.41) is 27.4. The number of aliphatic hydroxyl groups excluding tert-OH is 2. The summed E-state index contributed by atoms with van der Waals surface area (Å²) >= 11 is 0. The lowest BCUT2D eigenvalue weighted by Gasteiger charge is -2.23. The summed E-state index contributed by atoms with van der Waals surface area (Å²) in [6, 6.07) is -0.472. The Hall–Kier alpha value is -2.26. The van der Waals surface area contributed by atoms with Crippen LogP contribution in [0.15, 0.2) is 12.7 Å². The maximum absolute atomic E-state index is 11.7. The maximum atomic E-state index is 11.7. The molecule has 4 N–H and O–H groups in total. The van der Waals surface area contributed by atoms with Gasteiger partial charge in [0.25, 0.3) is 0 Å². The molecule has 0 saturated heterocycles. The number of nitrogens with one attached hydrogen (secondary N) is 2. The Morgan fingerprint density at radius 1 is 1.14 bits per heavy atom. The Bertz CT molecular complexity index is 917. The summed E-state index contributed by atoms with van der Waals surface area (Å²) < 4.78 is 1.80. The largest absolute Gasteiger partial charge is 0.388 e. The van der Waals surface area contributed by atoms with Crippen LogP contribution in [0, 0.1) is 11.8 Å². The van der Waals surface area contributed by atoms with Gasteiger partial charge in [0.2, 0.25) is 5.91 Å². The third kappa shape index (κ3) is 3.16. The molecule has 3 saturated carbocycles. The van der Waals surface area contributed by atoms with E-state index in [0.29, 0.717) is 36.0 Å². The highest BCUT2D eigenvalue weighted by atomic mass is 16.3. The van der Waals surface area contributed by atoms with Crippen molar-refractivity contribution < 1.29 is 15.0 Å². The zero-order chi connectivity index (χ0) is 20.1. The molecule has 0 aromatic carbocycles. The van der Waals surface area contributed by atoms with Crippen LogP contribution >= 0.6 is 0 Å². The molecule has 3 fully saturated rings. The predicted octanol–water partition coefficient (Wildman–Crippen LogP) is 0.988. The van der Waals surface area contributed by atoms with E-state index in [1.54, 1.807) is 17.8 Å². The number of aliphatic hydroxyl groups is 2. The number of rotatable bonds is 5. The van der Waals surface area contributed by atoms with Gasteiger partial charge < -0.3 is 25.4 Å². The molecule has 7 atom stereocenters. The van der Waals surface area contributed by atoms with E-state index in [2.05, 4.69) is 25.6 Å². The molecule has 3 aliphatic rings. The molecular formula is C20H28N6O3. The van der Waals surface area contributed by atoms with Crippen molar-refractivity contribution in [2.24, 2.45) is 11.8 Å². The molecule has 1 amide bonds. The summed E-state index contributed by atoms with van der Waals surface area (Å²) in [6.07, 6.45) is 6.99. The van der Waals surface area contributed by atoms with Crippen LogP contribution in [0.5, 0.6) is 0 Å². The second-order valence-electron chi connectivity index (χ2n) is 8.78. The van der Waals surface area contributed by atoms with Gasteiger partial charge in [0, 0.05) is 12.5 Å². The lowest BCUT2D eigenvalue weighted by atomic mass is 9.95. The van der Waals surface area contributed by atoms with Crippen molar-refractivity contribution in [2.45, 2.75) is 75.8 Å². The Morgan fingerprint density at radius 3 is 2.72 bits per heavy atom. The van der Waals surface area contributed by atoms with E-state index in [9.17, 15) is 15.0 Å². The molecule has 0 radical (unpaired) electrons. The number of carbonyl (C=O) groups is 1. The zero-order valence-corrected chi connectivity index (χ0v) is 16.5. The quantitative estimate of drug-likeness (QED) is 0.590. The van der Waals surface area contributed by atoms with Crippen molar-refractivity contribution in [3.63, 3.8) is 0 Å². The van der Waals surface area contributed by atoms with Crippen LogP contribution in [-0.4, -0.2) is 59.9 Å². The highest BCUT2D eigenvalue weighted by molar-refractivity contribution is 5.83. The van der Waals surface area contributed by atoms with Crippen molar-refractivity contribution in [1.29, 1.82) is 0 Å². The normalized spacial score (nSPS) is 36.0. The summed E-state index contributed by atoms with van der Waals surface area (Å²) in [6.45, 7) is 1.76. The van der Waals surface area contributed by atoms with Crippen molar-refractivity contribution in [2.75, 3.05) is 5.32 Å². The molecule has 2 heterocycles.